The van der Waals surface area contributed by atoms with Crippen LogP contribution < -0.4 is 5.32 Å². The van der Waals surface area contributed by atoms with E-state index in [9.17, 15) is 0 Å². The molecule has 0 unspecified atom stereocenters. The third kappa shape index (κ3) is 36.0. The van der Waals surface area contributed by atoms with Crippen molar-refractivity contribution >= 4 is 17.4 Å². The molecule has 1 aliphatic heterocycles. The average molecular weight is 749 g/mol. The lowest BCUT2D eigenvalue weighted by atomic mass is 10.1. The molecule has 1 heterocycles. The Balaban J connectivity index is 2.08. The first-order valence-corrected chi connectivity index (χ1v) is 23.3. The van der Waals surface area contributed by atoms with Crippen molar-refractivity contribution in [3.63, 3.8) is 0 Å². The third-order valence-electron chi connectivity index (χ3n) is 10.4. The maximum atomic E-state index is 6.12. The van der Waals surface area contributed by atoms with E-state index in [0.29, 0.717) is 18.4 Å². The Kier molecular flexibility index (Phi) is 38.9. The van der Waals surface area contributed by atoms with Gasteiger partial charge >= 0.3 is 0 Å². The molecule has 1 saturated heterocycles. The summed E-state index contributed by atoms with van der Waals surface area (Å²) in [5, 5.41) is 3.79. The highest BCUT2D eigenvalue weighted by atomic mass is 32.1. The second-order valence-corrected chi connectivity index (χ2v) is 15.9. The van der Waals surface area contributed by atoms with E-state index < -0.39 is 0 Å². The molecular formula is C46H88N2O3S. The van der Waals surface area contributed by atoms with E-state index in [1.165, 1.54) is 193 Å². The van der Waals surface area contributed by atoms with Crippen LogP contribution >= 0.6 is 12.2 Å². The molecule has 0 atom stereocenters. The quantitative estimate of drug-likeness (QED) is 0.0382. The van der Waals surface area contributed by atoms with Gasteiger partial charge in [0.15, 0.2) is 0 Å². The summed E-state index contributed by atoms with van der Waals surface area (Å²) < 4.78 is 18.3. The molecule has 1 rings (SSSR count). The lowest BCUT2D eigenvalue weighted by Gasteiger charge is -2.21. The highest BCUT2D eigenvalue weighted by molar-refractivity contribution is 7.80. The number of hydrogen-bond donors (Lipinski definition) is 1. The highest BCUT2D eigenvalue weighted by Crippen LogP contribution is 2.12. The average Bonchev–Trinajstić information content (AvgIpc) is 3.67. The normalized spacial score (nSPS) is 13.8. The van der Waals surface area contributed by atoms with Gasteiger partial charge in [0, 0.05) is 26.3 Å². The van der Waals surface area contributed by atoms with Gasteiger partial charge in [0.2, 0.25) is 0 Å². The second-order valence-electron chi connectivity index (χ2n) is 15.5. The van der Waals surface area contributed by atoms with E-state index in [2.05, 4.69) is 48.4 Å². The largest absolute Gasteiger partial charge is 0.463 e. The fourth-order valence-electron chi connectivity index (χ4n) is 6.96. The monoisotopic (exact) mass is 749 g/mol. The molecule has 0 aromatic rings. The number of allylic oxidation sites excluding steroid dienone is 4. The minimum Gasteiger partial charge on any atom is -0.463 e. The maximum absolute atomic E-state index is 6.12. The van der Waals surface area contributed by atoms with Gasteiger partial charge in [0.05, 0.1) is 13.2 Å². The number of likely N-dealkylation sites (tertiary alicyclic amines) is 1. The molecule has 306 valence electrons. The Hall–Kier alpha value is -0.950. The van der Waals surface area contributed by atoms with Gasteiger partial charge in [-0.3, -0.25) is 0 Å². The smallest absolute Gasteiger partial charge is 0.257 e. The predicted molar refractivity (Wildman–Crippen MR) is 232 cm³/mol. The van der Waals surface area contributed by atoms with Crippen LogP contribution in [0.25, 0.3) is 0 Å². The first kappa shape index (κ1) is 49.1. The summed E-state index contributed by atoms with van der Waals surface area (Å²) in [5.41, 5.74) is 0. The predicted octanol–water partition coefficient (Wildman–Crippen LogP) is 13.5. The molecule has 0 bridgehead atoms. The topological polar surface area (TPSA) is 43.0 Å². The van der Waals surface area contributed by atoms with Gasteiger partial charge in [-0.1, -0.05) is 154 Å². The molecule has 0 saturated carbocycles. The van der Waals surface area contributed by atoms with E-state index in [1.54, 1.807) is 0 Å². The van der Waals surface area contributed by atoms with Crippen molar-refractivity contribution in [3.05, 3.63) is 24.3 Å². The molecule has 1 fully saturated rings. The van der Waals surface area contributed by atoms with Gasteiger partial charge in [-0.15, -0.1) is 0 Å². The molecule has 0 radical (unpaired) electrons. The van der Waals surface area contributed by atoms with Crippen molar-refractivity contribution < 1.29 is 14.2 Å². The number of unbranched alkanes of at least 4 members (excludes halogenated alkanes) is 24. The molecule has 1 aliphatic rings. The Bertz CT molecular complexity index is 740. The van der Waals surface area contributed by atoms with Gasteiger partial charge in [-0.05, 0) is 102 Å². The fraction of sp³-hybridized carbons (Fsp3) is 0.891. The zero-order valence-electron chi connectivity index (χ0n) is 34.8. The first-order valence-electron chi connectivity index (χ1n) is 22.9. The van der Waals surface area contributed by atoms with Crippen molar-refractivity contribution in [3.8, 4) is 0 Å². The summed E-state index contributed by atoms with van der Waals surface area (Å²) in [5.74, 6) is 0. The molecule has 1 N–H and O–H groups in total. The molecule has 52 heavy (non-hydrogen) atoms. The van der Waals surface area contributed by atoms with Crippen LogP contribution in [0.4, 0.5) is 0 Å². The Morgan fingerprint density at radius 2 is 0.904 bits per heavy atom. The molecular weight excluding hydrogens is 661 g/mol. The first-order chi connectivity index (χ1) is 25.8. The fourth-order valence-corrected chi connectivity index (χ4v) is 7.20. The third-order valence-corrected chi connectivity index (χ3v) is 10.6. The zero-order chi connectivity index (χ0) is 37.3. The van der Waals surface area contributed by atoms with Crippen molar-refractivity contribution in [1.29, 1.82) is 0 Å². The summed E-state index contributed by atoms with van der Waals surface area (Å²) in [6.07, 6.45) is 49.1. The van der Waals surface area contributed by atoms with Crippen LogP contribution in [0.3, 0.4) is 0 Å². The summed E-state index contributed by atoms with van der Waals surface area (Å²) in [7, 11) is 0. The number of ether oxygens (including phenoxy) is 3. The second kappa shape index (κ2) is 41.2. The summed E-state index contributed by atoms with van der Waals surface area (Å²) >= 11 is 5.55. The Morgan fingerprint density at radius 1 is 0.538 bits per heavy atom. The van der Waals surface area contributed by atoms with Crippen LogP contribution in [0.1, 0.15) is 206 Å². The van der Waals surface area contributed by atoms with Crippen molar-refractivity contribution in [2.45, 2.75) is 213 Å². The zero-order valence-corrected chi connectivity index (χ0v) is 35.7. The van der Waals surface area contributed by atoms with Gasteiger partial charge in [-0.2, -0.15) is 0 Å². The Morgan fingerprint density at radius 3 is 1.31 bits per heavy atom. The highest BCUT2D eigenvalue weighted by Gasteiger charge is 2.15. The number of nitrogens with zero attached hydrogens (tertiary/aromatic N) is 1. The molecule has 0 amide bonds. The SMILES string of the molecule is CCCCCCCC/C=C\CCCCCCCCOCC(COCCCCCCCC/C=C\CCCCCCCC)OC(=S)NCCN1CCCC1. The van der Waals surface area contributed by atoms with Gasteiger partial charge < -0.3 is 24.4 Å². The molecule has 0 aromatic carbocycles. The van der Waals surface area contributed by atoms with Crippen molar-refractivity contribution in [1.82, 2.24) is 10.2 Å². The Labute approximate surface area is 330 Å². The van der Waals surface area contributed by atoms with E-state index in [1.807, 2.05) is 0 Å². The number of nitrogens with one attached hydrogen (secondary N) is 1. The maximum Gasteiger partial charge on any atom is 0.257 e. The standard InChI is InChI=1S/C46H88N2O3S/c1-3-5-7-9-11-13-15-17-19-21-23-25-27-29-31-35-41-49-43-45(51-46(52)47-37-40-48-38-33-34-39-48)44-50-42-36-32-30-28-26-24-22-20-18-16-14-12-10-8-6-4-2/h17-20,45H,3-16,21-44H2,1-2H3,(H,47,52)/b19-17-,20-18-. The molecule has 0 spiro atoms. The van der Waals surface area contributed by atoms with Crippen LogP contribution in [-0.4, -0.2) is 68.8 Å². The van der Waals surface area contributed by atoms with Crippen molar-refractivity contribution in [2.24, 2.45) is 0 Å². The van der Waals surface area contributed by atoms with Gasteiger partial charge in [-0.25, -0.2) is 0 Å². The van der Waals surface area contributed by atoms with E-state index in [-0.39, 0.29) is 6.10 Å². The summed E-state index contributed by atoms with van der Waals surface area (Å²) in [4.78, 5) is 2.49. The van der Waals surface area contributed by atoms with E-state index in [0.717, 1.165) is 39.1 Å². The number of hydrogen-bond acceptors (Lipinski definition) is 5. The van der Waals surface area contributed by atoms with Crippen LogP contribution in [-0.2, 0) is 14.2 Å². The summed E-state index contributed by atoms with van der Waals surface area (Å²) in [6, 6.07) is 0. The number of rotatable bonds is 40. The summed E-state index contributed by atoms with van der Waals surface area (Å²) in [6.45, 7) is 11.5. The molecule has 0 aliphatic carbocycles. The molecule has 6 heteroatoms. The van der Waals surface area contributed by atoms with Crippen LogP contribution in [0.5, 0.6) is 0 Å². The van der Waals surface area contributed by atoms with Crippen LogP contribution in [0.15, 0.2) is 24.3 Å². The lowest BCUT2D eigenvalue weighted by molar-refractivity contribution is -0.0138. The minimum absolute atomic E-state index is 0.157. The molecule has 5 nitrogen and oxygen atoms in total. The van der Waals surface area contributed by atoms with E-state index >= 15 is 0 Å². The van der Waals surface area contributed by atoms with Crippen LogP contribution in [0, 0.1) is 0 Å². The lowest BCUT2D eigenvalue weighted by Crippen LogP contribution is -2.37. The van der Waals surface area contributed by atoms with Gasteiger partial charge in [0.1, 0.15) is 6.10 Å². The van der Waals surface area contributed by atoms with Gasteiger partial charge in [0.25, 0.3) is 5.17 Å². The number of thiocarbonyl (C=S) groups is 1. The molecule has 0 aromatic heterocycles. The van der Waals surface area contributed by atoms with E-state index in [4.69, 9.17) is 26.4 Å². The van der Waals surface area contributed by atoms with Crippen LogP contribution in [0.2, 0.25) is 0 Å². The minimum atomic E-state index is -0.157. The van der Waals surface area contributed by atoms with Crippen molar-refractivity contribution in [2.75, 3.05) is 52.6 Å².